The molecule has 2 fully saturated rings. The van der Waals surface area contributed by atoms with Crippen molar-refractivity contribution in [2.75, 3.05) is 13.1 Å². The minimum absolute atomic E-state index is 0.0555. The lowest BCUT2D eigenvalue weighted by Gasteiger charge is -2.18. The molecule has 126 valence electrons. The highest BCUT2D eigenvalue weighted by molar-refractivity contribution is 7.17. The number of amides is 1. The van der Waals surface area contributed by atoms with Crippen LogP contribution in [-0.2, 0) is 0 Å². The molecule has 0 spiro atoms. The number of hydrogen-bond acceptors (Lipinski definition) is 4. The number of rotatable bonds is 2. The number of hydrogen-bond donors (Lipinski definition) is 1. The van der Waals surface area contributed by atoms with Gasteiger partial charge in [0.25, 0.3) is 5.91 Å². The van der Waals surface area contributed by atoms with Crippen LogP contribution in [0.2, 0.25) is 0 Å². The number of aryl methyl sites for hydroxylation is 1. The van der Waals surface area contributed by atoms with Crippen LogP contribution >= 0.6 is 11.3 Å². The average molecular weight is 345 g/mol. The molecule has 3 atom stereocenters. The van der Waals surface area contributed by atoms with Crippen LogP contribution in [0.5, 0.6) is 0 Å². The van der Waals surface area contributed by atoms with Gasteiger partial charge in [0.2, 0.25) is 0 Å². The first-order chi connectivity index (χ1) is 11.5. The van der Waals surface area contributed by atoms with Crippen molar-refractivity contribution in [1.82, 2.24) is 9.88 Å². The lowest BCUT2D eigenvalue weighted by atomic mass is 9.98. The number of carbonyl (C=O) groups is 1. The molecule has 2 aliphatic rings. The van der Waals surface area contributed by atoms with Crippen molar-refractivity contribution in [2.45, 2.75) is 25.8 Å². The van der Waals surface area contributed by atoms with Gasteiger partial charge >= 0.3 is 0 Å². The van der Waals surface area contributed by atoms with Crippen molar-refractivity contribution in [3.05, 3.63) is 40.7 Å². The van der Waals surface area contributed by atoms with Crippen LogP contribution in [0.3, 0.4) is 0 Å². The molecule has 1 aliphatic carbocycles. The van der Waals surface area contributed by atoms with Crippen LogP contribution < -0.4 is 5.73 Å². The van der Waals surface area contributed by atoms with Gasteiger partial charge in [-0.1, -0.05) is 0 Å². The van der Waals surface area contributed by atoms with Gasteiger partial charge in [-0.2, -0.15) is 0 Å². The summed E-state index contributed by atoms with van der Waals surface area (Å²) in [4.78, 5) is 20.0. The third-order valence-corrected chi connectivity index (χ3v) is 6.48. The van der Waals surface area contributed by atoms with E-state index in [0.29, 0.717) is 16.7 Å². The van der Waals surface area contributed by atoms with E-state index in [-0.39, 0.29) is 17.8 Å². The van der Waals surface area contributed by atoms with E-state index < -0.39 is 0 Å². The normalized spacial score (nSPS) is 26.0. The first kappa shape index (κ1) is 15.7. The maximum Gasteiger partial charge on any atom is 0.265 e. The fourth-order valence-electron chi connectivity index (χ4n) is 3.93. The van der Waals surface area contributed by atoms with Crippen molar-refractivity contribution >= 4 is 17.2 Å². The Morgan fingerprint density at radius 2 is 2.04 bits per heavy atom. The lowest BCUT2D eigenvalue weighted by Crippen LogP contribution is -2.33. The van der Waals surface area contributed by atoms with E-state index in [2.05, 4.69) is 4.98 Å². The van der Waals surface area contributed by atoms with Gasteiger partial charge in [-0.15, -0.1) is 11.3 Å². The summed E-state index contributed by atoms with van der Waals surface area (Å²) in [5.41, 5.74) is 7.74. The molecule has 2 N–H and O–H groups in total. The summed E-state index contributed by atoms with van der Waals surface area (Å²) in [6.45, 7) is 3.42. The molecule has 1 aromatic carbocycles. The van der Waals surface area contributed by atoms with Gasteiger partial charge in [0.1, 0.15) is 15.7 Å². The van der Waals surface area contributed by atoms with E-state index in [1.807, 2.05) is 11.8 Å². The second-order valence-electron chi connectivity index (χ2n) is 6.82. The Kier molecular flexibility index (Phi) is 3.89. The lowest BCUT2D eigenvalue weighted by molar-refractivity contribution is 0.0783. The molecule has 4 nitrogen and oxygen atoms in total. The number of thiazole rings is 1. The maximum absolute atomic E-state index is 13.1. The predicted octanol–water partition coefficient (Wildman–Crippen LogP) is 3.07. The van der Waals surface area contributed by atoms with Gasteiger partial charge in [-0.3, -0.25) is 4.79 Å². The number of nitrogens with zero attached hydrogens (tertiary/aromatic N) is 2. The van der Waals surface area contributed by atoms with Crippen LogP contribution in [-0.4, -0.2) is 34.9 Å². The smallest absolute Gasteiger partial charge is 0.265 e. The highest BCUT2D eigenvalue weighted by Crippen LogP contribution is 2.38. The fraction of sp³-hybridized carbons (Fsp3) is 0.444. The van der Waals surface area contributed by atoms with E-state index in [1.54, 1.807) is 12.1 Å². The van der Waals surface area contributed by atoms with Crippen LogP contribution in [0.1, 0.15) is 28.2 Å². The Hall–Kier alpha value is -1.79. The minimum Gasteiger partial charge on any atom is -0.337 e. The molecule has 6 heteroatoms. The molecule has 1 amide bonds. The van der Waals surface area contributed by atoms with E-state index in [9.17, 15) is 9.18 Å². The zero-order chi connectivity index (χ0) is 16.8. The summed E-state index contributed by atoms with van der Waals surface area (Å²) < 4.78 is 13.1. The van der Waals surface area contributed by atoms with Gasteiger partial charge in [0, 0.05) is 24.7 Å². The fourth-order valence-corrected chi connectivity index (χ4v) is 4.97. The molecule has 3 unspecified atom stereocenters. The number of likely N-dealkylation sites (tertiary alicyclic amines) is 1. The topological polar surface area (TPSA) is 59.2 Å². The number of aromatic nitrogens is 1. The SMILES string of the molecule is Cc1nc(-c2ccc(F)cc2)sc1C(=O)N1CC2CCC(N)C2C1. The third-order valence-electron chi connectivity index (χ3n) is 5.28. The number of halogens is 1. The molecule has 2 heterocycles. The summed E-state index contributed by atoms with van der Waals surface area (Å²) in [6.07, 6.45) is 2.20. The summed E-state index contributed by atoms with van der Waals surface area (Å²) in [5, 5.41) is 0.756. The highest BCUT2D eigenvalue weighted by atomic mass is 32.1. The second kappa shape index (κ2) is 5.93. The summed E-state index contributed by atoms with van der Waals surface area (Å²) >= 11 is 1.39. The molecule has 0 bridgehead atoms. The van der Waals surface area contributed by atoms with Gasteiger partial charge < -0.3 is 10.6 Å². The Morgan fingerprint density at radius 1 is 1.29 bits per heavy atom. The Labute approximate surface area is 144 Å². The summed E-state index contributed by atoms with van der Waals surface area (Å²) in [7, 11) is 0. The van der Waals surface area contributed by atoms with Crippen molar-refractivity contribution < 1.29 is 9.18 Å². The Balaban J connectivity index is 1.56. The van der Waals surface area contributed by atoms with Crippen molar-refractivity contribution in [3.63, 3.8) is 0 Å². The minimum atomic E-state index is -0.275. The molecule has 24 heavy (non-hydrogen) atoms. The van der Waals surface area contributed by atoms with Gasteiger partial charge in [-0.05, 0) is 55.9 Å². The largest absolute Gasteiger partial charge is 0.337 e. The van der Waals surface area contributed by atoms with Crippen LogP contribution in [0, 0.1) is 24.6 Å². The monoisotopic (exact) mass is 345 g/mol. The second-order valence-corrected chi connectivity index (χ2v) is 7.81. The molecule has 1 saturated carbocycles. The predicted molar refractivity (Wildman–Crippen MR) is 92.3 cm³/mol. The first-order valence-corrected chi connectivity index (χ1v) is 9.13. The first-order valence-electron chi connectivity index (χ1n) is 8.31. The van der Waals surface area contributed by atoms with E-state index in [4.69, 9.17) is 5.73 Å². The quantitative estimate of drug-likeness (QED) is 0.910. The van der Waals surface area contributed by atoms with Gasteiger partial charge in [-0.25, -0.2) is 9.37 Å². The van der Waals surface area contributed by atoms with E-state index in [1.165, 1.54) is 23.5 Å². The van der Waals surface area contributed by atoms with E-state index in [0.717, 1.165) is 42.2 Å². The summed E-state index contributed by atoms with van der Waals surface area (Å²) in [5.74, 6) is 0.774. The van der Waals surface area contributed by atoms with Crippen LogP contribution in [0.4, 0.5) is 4.39 Å². The number of benzene rings is 1. The number of nitrogens with two attached hydrogens (primary N) is 1. The van der Waals surface area contributed by atoms with Gasteiger partial charge in [0.05, 0.1) is 5.69 Å². The van der Waals surface area contributed by atoms with E-state index >= 15 is 0 Å². The Bertz CT molecular complexity index is 773. The number of fused-ring (bicyclic) bond motifs is 1. The molecule has 1 aromatic heterocycles. The zero-order valence-corrected chi connectivity index (χ0v) is 14.4. The molecule has 1 aliphatic heterocycles. The van der Waals surface area contributed by atoms with Crippen LogP contribution in [0.25, 0.3) is 10.6 Å². The van der Waals surface area contributed by atoms with Gasteiger partial charge in [0.15, 0.2) is 0 Å². The molecule has 1 saturated heterocycles. The van der Waals surface area contributed by atoms with Crippen molar-refractivity contribution in [3.8, 4) is 10.6 Å². The molecular formula is C18H20FN3OS. The summed E-state index contributed by atoms with van der Waals surface area (Å²) in [6, 6.07) is 6.44. The molecule has 2 aromatic rings. The van der Waals surface area contributed by atoms with Crippen LogP contribution in [0.15, 0.2) is 24.3 Å². The van der Waals surface area contributed by atoms with Crippen molar-refractivity contribution in [2.24, 2.45) is 17.6 Å². The Morgan fingerprint density at radius 3 is 2.75 bits per heavy atom. The van der Waals surface area contributed by atoms with Crippen molar-refractivity contribution in [1.29, 1.82) is 0 Å². The average Bonchev–Trinajstić information content (AvgIpc) is 3.24. The maximum atomic E-state index is 13.1. The third kappa shape index (κ3) is 2.63. The highest BCUT2D eigenvalue weighted by Gasteiger charge is 2.43. The number of carbonyl (C=O) groups excluding carboxylic acids is 1. The molecular weight excluding hydrogens is 325 g/mol. The molecule has 4 rings (SSSR count). The zero-order valence-electron chi connectivity index (χ0n) is 13.5. The standard InChI is InChI=1S/C18H20FN3OS/c1-10-16(24-17(21-10)11-2-5-13(19)6-3-11)18(23)22-8-12-4-7-15(20)14(12)9-22/h2-3,5-6,12,14-15H,4,7-9,20H2,1H3. The molecule has 0 radical (unpaired) electrons.